The van der Waals surface area contributed by atoms with Gasteiger partial charge >= 0.3 is 0 Å². The number of morpholine rings is 1. The zero-order chi connectivity index (χ0) is 15.1. The molecule has 2 atom stereocenters. The van der Waals surface area contributed by atoms with E-state index in [9.17, 15) is 9.65 Å². The fraction of sp³-hybridized carbons (Fsp3) is 0.588. The number of ether oxygens (including phenoxy) is 1. The Balaban J connectivity index is 1.78. The van der Waals surface area contributed by atoms with Gasteiger partial charge in [0.2, 0.25) is 0 Å². The normalized spacial score (nSPS) is 27.2. The number of anilines is 1. The first-order valence-electron chi connectivity index (χ1n) is 8.10. The van der Waals surface area contributed by atoms with E-state index >= 15 is 0 Å². The lowest BCUT2D eigenvalue weighted by Crippen LogP contribution is -2.45. The van der Waals surface area contributed by atoms with Gasteiger partial charge in [0.15, 0.2) is 0 Å². The van der Waals surface area contributed by atoms with Crippen LogP contribution in [0, 0.1) is 17.1 Å². The predicted octanol–water partition coefficient (Wildman–Crippen LogP) is 1.75. The van der Waals surface area contributed by atoms with E-state index in [1.807, 2.05) is 0 Å². The van der Waals surface area contributed by atoms with Crippen LogP contribution in [0.3, 0.4) is 0 Å². The third-order valence-corrected chi connectivity index (χ3v) is 5.06. The van der Waals surface area contributed by atoms with Gasteiger partial charge in [0.1, 0.15) is 11.9 Å². The van der Waals surface area contributed by atoms with Crippen LogP contribution in [0.1, 0.15) is 29.5 Å². The summed E-state index contributed by atoms with van der Waals surface area (Å²) in [5.74, 6) is -0.144. The van der Waals surface area contributed by atoms with Crippen LogP contribution in [0.4, 0.5) is 10.1 Å². The molecule has 2 bridgehead atoms. The van der Waals surface area contributed by atoms with Crippen molar-refractivity contribution in [2.75, 3.05) is 31.1 Å². The van der Waals surface area contributed by atoms with Crippen LogP contribution in [-0.4, -0.2) is 38.4 Å². The second-order valence-electron chi connectivity index (χ2n) is 6.49. The first kappa shape index (κ1) is 14.0. The van der Waals surface area contributed by atoms with Gasteiger partial charge < -0.3 is 15.0 Å². The summed E-state index contributed by atoms with van der Waals surface area (Å²) in [6, 6.07) is 4.18. The zero-order valence-corrected chi connectivity index (χ0v) is 12.6. The zero-order valence-electron chi connectivity index (χ0n) is 12.6. The molecule has 0 radical (unpaired) electrons. The van der Waals surface area contributed by atoms with Crippen molar-refractivity contribution in [1.29, 1.82) is 5.26 Å². The van der Waals surface area contributed by atoms with Gasteiger partial charge in [-0.25, -0.2) is 4.39 Å². The summed E-state index contributed by atoms with van der Waals surface area (Å²) in [5.41, 5.74) is 3.13. The number of fused-ring (bicyclic) bond motifs is 5. The molecule has 0 amide bonds. The van der Waals surface area contributed by atoms with E-state index in [0.29, 0.717) is 12.2 Å². The number of nitrogens with zero attached hydrogens (tertiary/aromatic N) is 2. The Morgan fingerprint density at radius 1 is 1.27 bits per heavy atom. The van der Waals surface area contributed by atoms with Crippen LogP contribution in [0.2, 0.25) is 0 Å². The third kappa shape index (κ3) is 2.27. The van der Waals surface area contributed by atoms with Gasteiger partial charge in [0, 0.05) is 25.7 Å². The Hall–Kier alpha value is -1.64. The maximum absolute atomic E-state index is 14.5. The lowest BCUT2D eigenvalue weighted by atomic mass is 9.87. The number of rotatable bonds is 1. The van der Waals surface area contributed by atoms with Crippen molar-refractivity contribution in [1.82, 2.24) is 5.32 Å². The second-order valence-corrected chi connectivity index (χ2v) is 6.49. The average molecular weight is 301 g/mol. The van der Waals surface area contributed by atoms with E-state index in [-0.39, 0.29) is 18.0 Å². The van der Waals surface area contributed by atoms with Crippen molar-refractivity contribution in [2.24, 2.45) is 0 Å². The van der Waals surface area contributed by atoms with E-state index in [2.05, 4.69) is 16.3 Å². The monoisotopic (exact) mass is 301 g/mol. The number of nitrogens with one attached hydrogen (secondary N) is 1. The second kappa shape index (κ2) is 5.53. The molecular formula is C17H20FN3O. The molecule has 0 spiro atoms. The van der Waals surface area contributed by atoms with Crippen molar-refractivity contribution in [2.45, 2.75) is 37.8 Å². The van der Waals surface area contributed by atoms with E-state index in [1.165, 1.54) is 0 Å². The quantitative estimate of drug-likeness (QED) is 0.858. The lowest BCUT2D eigenvalue weighted by Gasteiger charge is -2.28. The molecule has 0 saturated carbocycles. The molecule has 4 nitrogen and oxygen atoms in total. The van der Waals surface area contributed by atoms with E-state index in [4.69, 9.17) is 4.74 Å². The molecule has 1 aromatic carbocycles. The highest BCUT2D eigenvalue weighted by Gasteiger charge is 2.32. The molecule has 5 rings (SSSR count). The van der Waals surface area contributed by atoms with Gasteiger partial charge in [-0.05, 0) is 42.9 Å². The topological polar surface area (TPSA) is 48.3 Å². The largest absolute Gasteiger partial charge is 0.373 e. The van der Waals surface area contributed by atoms with Crippen LogP contribution in [-0.2, 0) is 17.6 Å². The lowest BCUT2D eigenvalue weighted by molar-refractivity contribution is 0.0259. The molecule has 22 heavy (non-hydrogen) atoms. The Labute approximate surface area is 129 Å². The standard InChI is InChI=1S/C17H20FN3O/c18-16-5-17(15(6-19)13-3-1-2-4-14(13)16)21-8-11-10-22-12(9-21)7-20-11/h5,11-12,20H,1-4,7-10H2. The van der Waals surface area contributed by atoms with Gasteiger partial charge in [-0.3, -0.25) is 0 Å². The fourth-order valence-corrected chi connectivity index (χ4v) is 3.94. The number of halogens is 1. The Morgan fingerprint density at radius 3 is 2.82 bits per heavy atom. The molecule has 3 fully saturated rings. The minimum atomic E-state index is -0.144. The summed E-state index contributed by atoms with van der Waals surface area (Å²) in [4.78, 5) is 2.14. The summed E-state index contributed by atoms with van der Waals surface area (Å²) < 4.78 is 20.3. The fourth-order valence-electron chi connectivity index (χ4n) is 3.94. The van der Waals surface area contributed by atoms with Gasteiger partial charge in [-0.15, -0.1) is 0 Å². The number of hydrogen-bond acceptors (Lipinski definition) is 4. The van der Waals surface area contributed by atoms with Crippen LogP contribution < -0.4 is 10.2 Å². The van der Waals surface area contributed by atoms with Crippen LogP contribution >= 0.6 is 0 Å². The highest BCUT2D eigenvalue weighted by atomic mass is 19.1. The molecule has 2 unspecified atom stereocenters. The van der Waals surface area contributed by atoms with Crippen LogP contribution in [0.15, 0.2) is 6.07 Å². The molecule has 3 saturated heterocycles. The predicted molar refractivity (Wildman–Crippen MR) is 81.5 cm³/mol. The van der Waals surface area contributed by atoms with Gasteiger partial charge in [-0.2, -0.15) is 5.26 Å². The molecule has 5 heteroatoms. The molecule has 1 N–H and O–H groups in total. The molecule has 3 aliphatic heterocycles. The average Bonchev–Trinajstić information content (AvgIpc) is 2.88. The first-order valence-corrected chi connectivity index (χ1v) is 8.10. The molecular weight excluding hydrogens is 281 g/mol. The summed E-state index contributed by atoms with van der Waals surface area (Å²) in [5, 5.41) is 13.1. The van der Waals surface area contributed by atoms with Crippen LogP contribution in [0.5, 0.6) is 0 Å². The highest BCUT2D eigenvalue weighted by Crippen LogP contribution is 2.34. The van der Waals surface area contributed by atoms with E-state index < -0.39 is 0 Å². The first-order chi connectivity index (χ1) is 10.8. The number of benzene rings is 1. The number of nitriles is 1. The third-order valence-electron chi connectivity index (χ3n) is 5.06. The van der Waals surface area contributed by atoms with E-state index in [0.717, 1.165) is 62.1 Å². The van der Waals surface area contributed by atoms with Gasteiger partial charge in [0.25, 0.3) is 0 Å². The summed E-state index contributed by atoms with van der Waals surface area (Å²) in [6.07, 6.45) is 3.74. The van der Waals surface area contributed by atoms with E-state index in [1.54, 1.807) is 6.07 Å². The van der Waals surface area contributed by atoms with Crippen LogP contribution in [0.25, 0.3) is 0 Å². The maximum Gasteiger partial charge on any atom is 0.128 e. The maximum atomic E-state index is 14.5. The molecule has 4 aliphatic rings. The molecule has 0 aromatic heterocycles. The summed E-state index contributed by atoms with van der Waals surface area (Å²) >= 11 is 0. The molecule has 1 aromatic rings. The molecule has 3 heterocycles. The van der Waals surface area contributed by atoms with Crippen molar-refractivity contribution in [3.8, 4) is 6.07 Å². The summed E-state index contributed by atoms with van der Waals surface area (Å²) in [6.45, 7) is 3.01. The molecule has 116 valence electrons. The molecule has 1 aliphatic carbocycles. The highest BCUT2D eigenvalue weighted by molar-refractivity contribution is 5.65. The minimum absolute atomic E-state index is 0.115. The smallest absolute Gasteiger partial charge is 0.128 e. The SMILES string of the molecule is N#Cc1c(N2CC3COC(CN3)C2)cc(F)c2c1CCCC2. The van der Waals surface area contributed by atoms with Crippen molar-refractivity contribution in [3.63, 3.8) is 0 Å². The summed E-state index contributed by atoms with van der Waals surface area (Å²) in [7, 11) is 0. The van der Waals surface area contributed by atoms with Gasteiger partial charge in [-0.1, -0.05) is 0 Å². The van der Waals surface area contributed by atoms with Crippen molar-refractivity contribution < 1.29 is 9.13 Å². The number of hydrogen-bond donors (Lipinski definition) is 1. The Bertz CT molecular complexity index is 618. The van der Waals surface area contributed by atoms with Crippen molar-refractivity contribution >= 4 is 5.69 Å². The van der Waals surface area contributed by atoms with Gasteiger partial charge in [0.05, 0.1) is 24.0 Å². The minimum Gasteiger partial charge on any atom is -0.373 e. The Morgan fingerprint density at radius 2 is 2.09 bits per heavy atom. The Kier molecular flexibility index (Phi) is 3.51. The van der Waals surface area contributed by atoms with Crippen molar-refractivity contribution in [3.05, 3.63) is 28.6 Å².